The lowest BCUT2D eigenvalue weighted by molar-refractivity contribution is -0.384. The highest BCUT2D eigenvalue weighted by atomic mass is 16.6. The Kier molecular flexibility index (Phi) is 5.36. The molecule has 0 radical (unpaired) electrons. The zero-order valence-corrected chi connectivity index (χ0v) is 14.5. The van der Waals surface area contributed by atoms with Crippen LogP contribution in [0.25, 0.3) is 6.08 Å². The summed E-state index contributed by atoms with van der Waals surface area (Å²) in [6.07, 6.45) is 4.52. The van der Waals surface area contributed by atoms with Crippen molar-refractivity contribution in [1.82, 2.24) is 15.0 Å². The molecule has 0 saturated carbocycles. The Morgan fingerprint density at radius 2 is 1.89 bits per heavy atom. The van der Waals surface area contributed by atoms with Crippen molar-refractivity contribution in [2.75, 3.05) is 7.11 Å². The summed E-state index contributed by atoms with van der Waals surface area (Å²) in [6, 6.07) is 13.4. The fourth-order valence-corrected chi connectivity index (χ4v) is 2.37. The lowest BCUT2D eigenvalue weighted by atomic mass is 10.1. The van der Waals surface area contributed by atoms with E-state index in [2.05, 4.69) is 10.3 Å². The van der Waals surface area contributed by atoms with Crippen molar-refractivity contribution in [2.24, 2.45) is 0 Å². The molecule has 0 fully saturated rings. The van der Waals surface area contributed by atoms with Crippen LogP contribution in [-0.2, 0) is 6.54 Å². The van der Waals surface area contributed by atoms with E-state index in [1.54, 1.807) is 36.2 Å². The number of carbonyl (C=O) groups excluding carboxylic acids is 1. The molecule has 136 valence electrons. The summed E-state index contributed by atoms with van der Waals surface area (Å²) in [5, 5.41) is 18.5. The first-order valence-corrected chi connectivity index (χ1v) is 8.05. The first-order valence-electron chi connectivity index (χ1n) is 8.05. The molecule has 0 aliphatic heterocycles. The highest BCUT2D eigenvalue weighted by Gasteiger charge is 2.09. The topological polar surface area (TPSA) is 100 Å². The van der Waals surface area contributed by atoms with Crippen LogP contribution in [0.4, 0.5) is 5.69 Å². The van der Waals surface area contributed by atoms with E-state index >= 15 is 0 Å². The summed E-state index contributed by atoms with van der Waals surface area (Å²) < 4.78 is 6.69. The van der Waals surface area contributed by atoms with Crippen LogP contribution in [0.5, 0.6) is 5.75 Å². The average Bonchev–Trinajstić information content (AvgIpc) is 3.15. The number of ether oxygens (including phenoxy) is 1. The van der Waals surface area contributed by atoms with Crippen molar-refractivity contribution in [3.05, 3.63) is 87.7 Å². The van der Waals surface area contributed by atoms with Crippen LogP contribution in [-0.4, -0.2) is 32.8 Å². The van der Waals surface area contributed by atoms with Gasteiger partial charge in [0.15, 0.2) is 5.69 Å². The number of methoxy groups -OCH3 is 1. The number of hydrogen-bond donors (Lipinski definition) is 0. The van der Waals surface area contributed by atoms with Gasteiger partial charge in [0.1, 0.15) is 5.75 Å². The first kappa shape index (κ1) is 18.0. The second kappa shape index (κ2) is 8.05. The number of non-ortho nitro benzene ring substituents is 1. The number of carbonyl (C=O) groups is 1. The van der Waals surface area contributed by atoms with Gasteiger partial charge >= 0.3 is 0 Å². The standard InChI is InChI=1S/C19H16N4O4/c1-27-17-9-4-15(5-10-17)12-22-13-18(20-21-22)19(24)11-6-14-2-7-16(8-3-14)23(25)26/h2-11,13H,12H2,1H3. The molecule has 0 amide bonds. The second-order valence-electron chi connectivity index (χ2n) is 5.70. The molecule has 0 N–H and O–H groups in total. The van der Waals surface area contributed by atoms with E-state index < -0.39 is 4.92 Å². The van der Waals surface area contributed by atoms with E-state index in [-0.39, 0.29) is 17.2 Å². The number of nitro benzene ring substituents is 1. The van der Waals surface area contributed by atoms with Gasteiger partial charge in [0, 0.05) is 12.1 Å². The quantitative estimate of drug-likeness (QED) is 0.276. The molecule has 8 nitrogen and oxygen atoms in total. The Morgan fingerprint density at radius 1 is 1.19 bits per heavy atom. The number of aromatic nitrogens is 3. The molecule has 0 aliphatic carbocycles. The van der Waals surface area contributed by atoms with Crippen molar-refractivity contribution in [3.63, 3.8) is 0 Å². The third-order valence-electron chi connectivity index (χ3n) is 3.83. The zero-order chi connectivity index (χ0) is 19.2. The largest absolute Gasteiger partial charge is 0.497 e. The fraction of sp³-hybridized carbons (Fsp3) is 0.105. The molecule has 2 aromatic carbocycles. The number of hydrogen-bond acceptors (Lipinski definition) is 6. The van der Waals surface area contributed by atoms with Crippen LogP contribution >= 0.6 is 0 Å². The highest BCUT2D eigenvalue weighted by molar-refractivity contribution is 6.05. The van der Waals surface area contributed by atoms with Gasteiger partial charge in [-0.05, 0) is 41.5 Å². The molecule has 8 heteroatoms. The number of benzene rings is 2. The molecular formula is C19H16N4O4. The summed E-state index contributed by atoms with van der Waals surface area (Å²) in [5.41, 5.74) is 1.90. The molecule has 3 rings (SSSR count). The van der Waals surface area contributed by atoms with Crippen molar-refractivity contribution in [3.8, 4) is 5.75 Å². The van der Waals surface area contributed by atoms with Gasteiger partial charge in [-0.1, -0.05) is 23.4 Å². The van der Waals surface area contributed by atoms with Crippen molar-refractivity contribution < 1.29 is 14.5 Å². The van der Waals surface area contributed by atoms with Crippen molar-refractivity contribution >= 4 is 17.5 Å². The summed E-state index contributed by atoms with van der Waals surface area (Å²) in [6.45, 7) is 0.482. The Bertz CT molecular complexity index is 976. The average molecular weight is 364 g/mol. The van der Waals surface area contributed by atoms with Gasteiger partial charge in [-0.25, -0.2) is 4.68 Å². The molecule has 0 bridgehead atoms. The third kappa shape index (κ3) is 4.63. The van der Waals surface area contributed by atoms with Gasteiger partial charge in [0.2, 0.25) is 5.78 Å². The van der Waals surface area contributed by atoms with Crippen LogP contribution in [0.15, 0.2) is 60.8 Å². The van der Waals surface area contributed by atoms with Crippen LogP contribution < -0.4 is 4.74 Å². The molecule has 0 saturated heterocycles. The minimum Gasteiger partial charge on any atom is -0.497 e. The Labute approximate surface area is 154 Å². The molecule has 1 aromatic heterocycles. The predicted octanol–water partition coefficient (Wildman–Crippen LogP) is 3.14. The zero-order valence-electron chi connectivity index (χ0n) is 14.5. The SMILES string of the molecule is COc1ccc(Cn2cc(C(=O)C=Cc3ccc([N+](=O)[O-])cc3)nn2)cc1. The van der Waals surface area contributed by atoms with E-state index in [9.17, 15) is 14.9 Å². The molecule has 3 aromatic rings. The van der Waals surface area contributed by atoms with Gasteiger partial charge in [-0.15, -0.1) is 5.10 Å². The minimum absolute atomic E-state index is 0.0000449. The molecule has 0 spiro atoms. The first-order chi connectivity index (χ1) is 13.0. The maximum atomic E-state index is 12.2. The number of ketones is 1. The summed E-state index contributed by atoms with van der Waals surface area (Å²) in [5.74, 6) is 0.471. The van der Waals surface area contributed by atoms with Crippen molar-refractivity contribution in [1.29, 1.82) is 0 Å². The van der Waals surface area contributed by atoms with E-state index in [0.29, 0.717) is 12.1 Å². The van der Waals surface area contributed by atoms with Gasteiger partial charge in [-0.2, -0.15) is 0 Å². The lowest BCUT2D eigenvalue weighted by Gasteiger charge is -2.02. The van der Waals surface area contributed by atoms with Gasteiger partial charge < -0.3 is 4.74 Å². The lowest BCUT2D eigenvalue weighted by Crippen LogP contribution is -2.00. The number of rotatable bonds is 7. The highest BCUT2D eigenvalue weighted by Crippen LogP contribution is 2.14. The Morgan fingerprint density at radius 3 is 2.52 bits per heavy atom. The van der Waals surface area contributed by atoms with Crippen LogP contribution in [0.2, 0.25) is 0 Å². The Hall–Kier alpha value is -3.81. The monoisotopic (exact) mass is 364 g/mol. The maximum Gasteiger partial charge on any atom is 0.269 e. The molecule has 0 atom stereocenters. The van der Waals surface area contributed by atoms with Gasteiger partial charge in [0.25, 0.3) is 5.69 Å². The predicted molar refractivity (Wildman–Crippen MR) is 98.6 cm³/mol. The maximum absolute atomic E-state index is 12.2. The van der Waals surface area contributed by atoms with Gasteiger partial charge in [0.05, 0.1) is 24.8 Å². The third-order valence-corrected chi connectivity index (χ3v) is 3.83. The fourth-order valence-electron chi connectivity index (χ4n) is 2.37. The van der Waals surface area contributed by atoms with Crippen molar-refractivity contribution in [2.45, 2.75) is 6.54 Å². The minimum atomic E-state index is -0.472. The van der Waals surface area contributed by atoms with Crippen LogP contribution in [0.1, 0.15) is 21.6 Å². The number of allylic oxidation sites excluding steroid dienone is 1. The summed E-state index contributed by atoms with van der Waals surface area (Å²) in [4.78, 5) is 22.4. The molecular weight excluding hydrogens is 348 g/mol. The van der Waals surface area contributed by atoms with Crippen LogP contribution in [0, 0.1) is 10.1 Å². The number of nitro groups is 1. The smallest absolute Gasteiger partial charge is 0.269 e. The van der Waals surface area contributed by atoms with E-state index in [4.69, 9.17) is 4.74 Å². The normalized spacial score (nSPS) is 10.9. The second-order valence-corrected chi connectivity index (χ2v) is 5.70. The molecule has 27 heavy (non-hydrogen) atoms. The molecule has 1 heterocycles. The van der Waals surface area contributed by atoms with E-state index in [1.165, 1.54) is 18.2 Å². The molecule has 0 unspecified atom stereocenters. The molecule has 0 aliphatic rings. The van der Waals surface area contributed by atoms with E-state index in [0.717, 1.165) is 11.3 Å². The number of nitrogens with zero attached hydrogens (tertiary/aromatic N) is 4. The van der Waals surface area contributed by atoms with Gasteiger partial charge in [-0.3, -0.25) is 14.9 Å². The summed E-state index contributed by atoms with van der Waals surface area (Å²) in [7, 11) is 1.61. The van der Waals surface area contributed by atoms with E-state index in [1.807, 2.05) is 24.3 Å². The van der Waals surface area contributed by atoms with Crippen LogP contribution in [0.3, 0.4) is 0 Å². The Balaban J connectivity index is 1.64. The summed E-state index contributed by atoms with van der Waals surface area (Å²) >= 11 is 0.